The fourth-order valence-electron chi connectivity index (χ4n) is 3.26. The Morgan fingerprint density at radius 3 is 2.13 bits per heavy atom. The highest BCUT2D eigenvalue weighted by atomic mass is 16.5. The van der Waals surface area contributed by atoms with Crippen LogP contribution in [0.3, 0.4) is 0 Å². The molecule has 1 N–H and O–H groups in total. The number of urea groups is 1. The zero-order valence-corrected chi connectivity index (χ0v) is 16.8. The van der Waals surface area contributed by atoms with Gasteiger partial charge < -0.3 is 10.1 Å². The van der Waals surface area contributed by atoms with E-state index in [-0.39, 0.29) is 6.54 Å². The molecular formula is C22H23N3O5. The third kappa shape index (κ3) is 4.32. The minimum absolute atomic E-state index is 0.139. The van der Waals surface area contributed by atoms with Crippen molar-refractivity contribution in [2.24, 2.45) is 0 Å². The minimum Gasteiger partial charge on any atom is -0.497 e. The van der Waals surface area contributed by atoms with Crippen molar-refractivity contribution in [2.45, 2.75) is 19.4 Å². The van der Waals surface area contributed by atoms with Crippen molar-refractivity contribution in [1.29, 1.82) is 0 Å². The molecule has 30 heavy (non-hydrogen) atoms. The molecule has 8 nitrogen and oxygen atoms in total. The Balaban J connectivity index is 1.79. The van der Waals surface area contributed by atoms with Crippen molar-refractivity contribution in [3.05, 3.63) is 65.7 Å². The summed E-state index contributed by atoms with van der Waals surface area (Å²) in [6.07, 6.45) is 0.526. The number of ether oxygens (including phenoxy) is 1. The molecule has 5 amide bonds. The fourth-order valence-corrected chi connectivity index (χ4v) is 3.26. The Labute approximate surface area is 174 Å². The summed E-state index contributed by atoms with van der Waals surface area (Å²) in [7, 11) is 1.57. The second-order valence-corrected chi connectivity index (χ2v) is 6.82. The molecule has 0 saturated carbocycles. The molecule has 2 aromatic rings. The van der Waals surface area contributed by atoms with Crippen LogP contribution in [-0.4, -0.2) is 53.8 Å². The van der Waals surface area contributed by atoms with Gasteiger partial charge >= 0.3 is 17.8 Å². The van der Waals surface area contributed by atoms with E-state index >= 15 is 0 Å². The monoisotopic (exact) mass is 409 g/mol. The summed E-state index contributed by atoms with van der Waals surface area (Å²) in [6, 6.07) is 15.3. The molecule has 156 valence electrons. The van der Waals surface area contributed by atoms with Crippen LogP contribution in [0.1, 0.15) is 30.5 Å². The normalized spacial score (nSPS) is 14.8. The Morgan fingerprint density at radius 1 is 0.933 bits per heavy atom. The first-order chi connectivity index (χ1) is 14.5. The summed E-state index contributed by atoms with van der Waals surface area (Å²) in [5, 5.41) is 2.86. The van der Waals surface area contributed by atoms with Gasteiger partial charge in [-0.2, -0.15) is 0 Å². The molecule has 0 aromatic heterocycles. The molecule has 8 heteroatoms. The molecule has 0 spiro atoms. The van der Waals surface area contributed by atoms with Gasteiger partial charge in [0.1, 0.15) is 12.3 Å². The summed E-state index contributed by atoms with van der Waals surface area (Å²) in [6.45, 7) is 1.41. The third-order valence-electron chi connectivity index (χ3n) is 4.77. The van der Waals surface area contributed by atoms with Crippen LogP contribution in [0.25, 0.3) is 0 Å². The Hall–Kier alpha value is -3.68. The fraction of sp³-hybridized carbons (Fsp3) is 0.273. The maximum atomic E-state index is 12.7. The lowest BCUT2D eigenvalue weighted by Crippen LogP contribution is -2.42. The molecule has 1 saturated heterocycles. The number of methoxy groups -OCH3 is 1. The van der Waals surface area contributed by atoms with Crippen LogP contribution in [0, 0.1) is 0 Å². The van der Waals surface area contributed by atoms with Crippen molar-refractivity contribution in [1.82, 2.24) is 15.1 Å². The number of hydrogen-bond donors (Lipinski definition) is 1. The first-order valence-corrected chi connectivity index (χ1v) is 9.61. The van der Waals surface area contributed by atoms with E-state index in [1.807, 2.05) is 42.5 Å². The second-order valence-electron chi connectivity index (χ2n) is 6.82. The topological polar surface area (TPSA) is 96.0 Å². The number of rotatable bonds is 8. The van der Waals surface area contributed by atoms with Gasteiger partial charge in [-0.05, 0) is 29.7 Å². The Kier molecular flexibility index (Phi) is 6.46. The predicted molar refractivity (Wildman–Crippen MR) is 109 cm³/mol. The smallest absolute Gasteiger partial charge is 0.334 e. The Bertz CT molecular complexity index is 943. The van der Waals surface area contributed by atoms with Gasteiger partial charge in [0.15, 0.2) is 0 Å². The predicted octanol–water partition coefficient (Wildman–Crippen LogP) is 2.10. The quantitative estimate of drug-likeness (QED) is 0.532. The highest BCUT2D eigenvalue weighted by Crippen LogP contribution is 2.24. The van der Waals surface area contributed by atoms with Crippen LogP contribution in [0.2, 0.25) is 0 Å². The number of benzene rings is 2. The zero-order chi connectivity index (χ0) is 21.7. The number of hydrogen-bond acceptors (Lipinski definition) is 5. The van der Waals surface area contributed by atoms with E-state index in [4.69, 9.17) is 4.74 Å². The standard InChI is InChI=1S/C22H23N3O5/c1-3-13-24-20(27)21(28)25(22(24)29)14-18(26)23-19(15-7-5-4-6-8-15)16-9-11-17(30-2)12-10-16/h4-12,19H,3,13-14H2,1-2H3,(H,23,26)/t19-/m1/s1. The molecule has 0 radical (unpaired) electrons. The molecule has 2 aromatic carbocycles. The maximum Gasteiger partial charge on any atom is 0.334 e. The van der Waals surface area contributed by atoms with Gasteiger partial charge in [0.25, 0.3) is 0 Å². The molecule has 1 heterocycles. The van der Waals surface area contributed by atoms with Gasteiger partial charge in [0, 0.05) is 6.54 Å². The van der Waals surface area contributed by atoms with Crippen LogP contribution in [-0.2, 0) is 14.4 Å². The molecule has 0 bridgehead atoms. The highest BCUT2D eigenvalue weighted by Gasteiger charge is 2.44. The van der Waals surface area contributed by atoms with Crippen molar-refractivity contribution in [3.8, 4) is 5.75 Å². The average molecular weight is 409 g/mol. The van der Waals surface area contributed by atoms with Crippen LogP contribution in [0.5, 0.6) is 5.75 Å². The molecule has 1 aliphatic rings. The lowest BCUT2D eigenvalue weighted by atomic mass is 9.98. The van der Waals surface area contributed by atoms with E-state index in [9.17, 15) is 19.2 Å². The molecule has 1 atom stereocenters. The molecule has 3 rings (SSSR count). The Morgan fingerprint density at radius 2 is 1.53 bits per heavy atom. The second kappa shape index (κ2) is 9.21. The van der Waals surface area contributed by atoms with Crippen molar-refractivity contribution < 1.29 is 23.9 Å². The molecular weight excluding hydrogens is 386 g/mol. The number of imide groups is 2. The van der Waals surface area contributed by atoms with Crippen LogP contribution in [0.15, 0.2) is 54.6 Å². The largest absolute Gasteiger partial charge is 0.497 e. The number of nitrogens with one attached hydrogen (secondary N) is 1. The van der Waals surface area contributed by atoms with Gasteiger partial charge in [0.2, 0.25) is 5.91 Å². The first kappa shape index (κ1) is 21.0. The van der Waals surface area contributed by atoms with Gasteiger partial charge in [-0.15, -0.1) is 0 Å². The number of nitrogens with zero attached hydrogens (tertiary/aromatic N) is 2. The number of carbonyl (C=O) groups excluding carboxylic acids is 4. The maximum absolute atomic E-state index is 12.7. The van der Waals surface area contributed by atoms with Gasteiger partial charge in [-0.3, -0.25) is 19.3 Å². The summed E-state index contributed by atoms with van der Waals surface area (Å²) in [4.78, 5) is 50.8. The molecule has 1 aliphatic heterocycles. The minimum atomic E-state index is -0.982. The van der Waals surface area contributed by atoms with Crippen LogP contribution < -0.4 is 10.1 Å². The molecule has 0 aliphatic carbocycles. The highest BCUT2D eigenvalue weighted by molar-refractivity contribution is 6.45. The summed E-state index contributed by atoms with van der Waals surface area (Å²) in [5.74, 6) is -1.75. The van der Waals surface area contributed by atoms with E-state index in [2.05, 4.69) is 5.32 Å². The SMILES string of the molecule is CCCN1C(=O)C(=O)N(CC(=O)N[C@H](c2ccccc2)c2ccc(OC)cc2)C1=O. The average Bonchev–Trinajstić information content (AvgIpc) is 2.97. The van der Waals surface area contributed by atoms with Crippen molar-refractivity contribution in [2.75, 3.05) is 20.2 Å². The van der Waals surface area contributed by atoms with Crippen LogP contribution in [0.4, 0.5) is 4.79 Å². The lowest BCUT2D eigenvalue weighted by molar-refractivity contribution is -0.144. The number of carbonyl (C=O) groups is 4. The van der Waals surface area contributed by atoms with Gasteiger partial charge in [-0.1, -0.05) is 49.4 Å². The van der Waals surface area contributed by atoms with E-state index in [1.54, 1.807) is 26.2 Å². The van der Waals surface area contributed by atoms with E-state index in [0.717, 1.165) is 16.0 Å². The summed E-state index contributed by atoms with van der Waals surface area (Å²) < 4.78 is 5.18. The number of amides is 5. The van der Waals surface area contributed by atoms with E-state index in [1.165, 1.54) is 0 Å². The summed E-state index contributed by atoms with van der Waals surface area (Å²) >= 11 is 0. The molecule has 0 unspecified atom stereocenters. The van der Waals surface area contributed by atoms with Crippen molar-refractivity contribution >= 4 is 23.8 Å². The first-order valence-electron chi connectivity index (χ1n) is 9.61. The lowest BCUT2D eigenvalue weighted by Gasteiger charge is -2.22. The van der Waals surface area contributed by atoms with Crippen molar-refractivity contribution in [3.63, 3.8) is 0 Å². The molecule has 1 fully saturated rings. The summed E-state index contributed by atoms with van der Waals surface area (Å²) in [5.41, 5.74) is 1.64. The van der Waals surface area contributed by atoms with Gasteiger partial charge in [-0.25, -0.2) is 9.69 Å². The van der Waals surface area contributed by atoms with E-state index in [0.29, 0.717) is 17.1 Å². The zero-order valence-electron chi connectivity index (χ0n) is 16.8. The van der Waals surface area contributed by atoms with E-state index < -0.39 is 36.3 Å². The van der Waals surface area contributed by atoms with Gasteiger partial charge in [0.05, 0.1) is 13.2 Å². The van der Waals surface area contributed by atoms with Crippen LogP contribution >= 0.6 is 0 Å². The third-order valence-corrected chi connectivity index (χ3v) is 4.77.